The molecule has 2 aromatic rings. The maximum Gasteiger partial charge on any atom is 0.416 e. The number of amides is 4. The molecule has 10 nitrogen and oxygen atoms in total. The van der Waals surface area contributed by atoms with Crippen LogP contribution < -0.4 is 16.0 Å². The first kappa shape index (κ1) is 34.6. The number of halogens is 3. The summed E-state index contributed by atoms with van der Waals surface area (Å²) in [6.45, 7) is 0.399. The number of thioether (sulfide) groups is 1. The van der Waals surface area contributed by atoms with Gasteiger partial charge in [-0.05, 0) is 86.7 Å². The minimum absolute atomic E-state index is 0.121. The molecule has 0 bridgehead atoms. The van der Waals surface area contributed by atoms with E-state index in [0.717, 1.165) is 29.9 Å². The number of hydrogen-bond donors (Lipinski definition) is 3. The first-order valence-electron chi connectivity index (χ1n) is 14.5. The number of sulfone groups is 1. The van der Waals surface area contributed by atoms with Gasteiger partial charge in [-0.2, -0.15) is 13.2 Å². The molecule has 0 spiro atoms. The van der Waals surface area contributed by atoms with Crippen LogP contribution in [0, 0.1) is 5.92 Å². The lowest BCUT2D eigenvalue weighted by atomic mass is 9.84. The van der Waals surface area contributed by atoms with E-state index in [1.165, 1.54) is 23.8 Å². The van der Waals surface area contributed by atoms with E-state index < -0.39 is 63.5 Å². The van der Waals surface area contributed by atoms with Crippen LogP contribution in [0.2, 0.25) is 0 Å². The lowest BCUT2D eigenvalue weighted by molar-refractivity contribution is -0.137. The van der Waals surface area contributed by atoms with Crippen molar-refractivity contribution < 1.29 is 40.7 Å². The zero-order chi connectivity index (χ0) is 32.8. The SMILES string of the molecule is CO[C@H]1CC[C@@H](CS(=O)(=O)c2ccc(SC)cc2)[C@@H](NC(=O)CNC(=O)c2cc(C(F)(F)F)ccc2NC(=O)N2CCCC2)C1. The van der Waals surface area contributed by atoms with Crippen molar-refractivity contribution in [3.63, 3.8) is 0 Å². The molecule has 15 heteroatoms. The number of methoxy groups -OCH3 is 1. The minimum Gasteiger partial charge on any atom is -0.381 e. The maximum atomic E-state index is 13.5. The average molecular weight is 671 g/mol. The number of alkyl halides is 3. The number of anilines is 1. The molecule has 0 radical (unpaired) electrons. The second-order valence-corrected chi connectivity index (χ2v) is 14.0. The quantitative estimate of drug-likeness (QED) is 0.316. The van der Waals surface area contributed by atoms with E-state index >= 15 is 0 Å². The number of rotatable bonds is 10. The number of benzene rings is 2. The lowest BCUT2D eigenvalue weighted by Crippen LogP contribution is -2.50. The van der Waals surface area contributed by atoms with Crippen molar-refractivity contribution in [3.05, 3.63) is 53.6 Å². The highest BCUT2D eigenvalue weighted by Gasteiger charge is 2.36. The largest absolute Gasteiger partial charge is 0.416 e. The van der Waals surface area contributed by atoms with Gasteiger partial charge in [0.05, 0.1) is 40.1 Å². The molecule has 45 heavy (non-hydrogen) atoms. The van der Waals surface area contributed by atoms with Gasteiger partial charge in [-0.25, -0.2) is 13.2 Å². The summed E-state index contributed by atoms with van der Waals surface area (Å²) in [5, 5.41) is 7.64. The third kappa shape index (κ3) is 9.13. The second kappa shape index (κ2) is 14.9. The van der Waals surface area contributed by atoms with Gasteiger partial charge in [-0.1, -0.05) is 0 Å². The summed E-state index contributed by atoms with van der Waals surface area (Å²) in [6.07, 6.45) is -0.0392. The molecule has 246 valence electrons. The summed E-state index contributed by atoms with van der Waals surface area (Å²) in [6, 6.07) is 7.86. The van der Waals surface area contributed by atoms with Crippen LogP contribution in [0.3, 0.4) is 0 Å². The first-order chi connectivity index (χ1) is 21.3. The number of likely N-dealkylation sites (tertiary alicyclic amines) is 1. The normalized spacial score (nSPS) is 20.5. The van der Waals surface area contributed by atoms with Crippen molar-refractivity contribution in [3.8, 4) is 0 Å². The fourth-order valence-corrected chi connectivity index (χ4v) is 7.71. The Hall–Kier alpha value is -3.30. The van der Waals surface area contributed by atoms with Crippen LogP contribution in [0.1, 0.15) is 48.0 Å². The van der Waals surface area contributed by atoms with Crippen molar-refractivity contribution >= 4 is 45.1 Å². The number of hydrogen-bond acceptors (Lipinski definition) is 7. The van der Waals surface area contributed by atoms with Crippen LogP contribution in [-0.4, -0.2) is 82.1 Å². The molecule has 0 aromatic heterocycles. The Bertz CT molecular complexity index is 1480. The van der Waals surface area contributed by atoms with Crippen LogP contribution in [0.25, 0.3) is 0 Å². The number of carbonyl (C=O) groups excluding carboxylic acids is 3. The molecule has 1 aliphatic heterocycles. The third-order valence-corrected chi connectivity index (χ3v) is 10.7. The Morgan fingerprint density at radius 2 is 1.73 bits per heavy atom. The van der Waals surface area contributed by atoms with E-state index in [4.69, 9.17) is 4.74 Å². The van der Waals surface area contributed by atoms with Crippen molar-refractivity contribution in [2.75, 3.05) is 44.1 Å². The molecule has 3 atom stereocenters. The molecule has 1 saturated carbocycles. The summed E-state index contributed by atoms with van der Waals surface area (Å²) in [7, 11) is -2.15. The Morgan fingerprint density at radius 1 is 1.04 bits per heavy atom. The third-order valence-electron chi connectivity index (χ3n) is 8.11. The predicted molar refractivity (Wildman–Crippen MR) is 164 cm³/mol. The number of ether oxygens (including phenoxy) is 1. The van der Waals surface area contributed by atoms with Crippen molar-refractivity contribution in [1.82, 2.24) is 15.5 Å². The summed E-state index contributed by atoms with van der Waals surface area (Å²) >= 11 is 1.49. The topological polar surface area (TPSA) is 134 Å². The smallest absolute Gasteiger partial charge is 0.381 e. The molecule has 1 heterocycles. The van der Waals surface area contributed by atoms with Gasteiger partial charge >= 0.3 is 12.2 Å². The second-order valence-electron chi connectivity index (χ2n) is 11.1. The van der Waals surface area contributed by atoms with E-state index in [2.05, 4.69) is 16.0 Å². The molecule has 4 rings (SSSR count). The molecular formula is C30H37F3N4O6S2. The van der Waals surface area contributed by atoms with Crippen LogP contribution in [-0.2, 0) is 25.5 Å². The number of nitrogens with one attached hydrogen (secondary N) is 3. The van der Waals surface area contributed by atoms with Gasteiger partial charge in [-0.15, -0.1) is 11.8 Å². The number of carbonyl (C=O) groups is 3. The molecule has 2 aliphatic rings. The van der Waals surface area contributed by atoms with Gasteiger partial charge in [0.2, 0.25) is 5.91 Å². The highest BCUT2D eigenvalue weighted by molar-refractivity contribution is 7.98. The van der Waals surface area contributed by atoms with Gasteiger partial charge in [0.25, 0.3) is 5.91 Å². The molecule has 0 unspecified atom stereocenters. The summed E-state index contributed by atoms with van der Waals surface area (Å²) in [4.78, 5) is 41.3. The minimum atomic E-state index is -4.74. The summed E-state index contributed by atoms with van der Waals surface area (Å²) in [5.41, 5.74) is -1.65. The molecule has 3 N–H and O–H groups in total. The zero-order valence-corrected chi connectivity index (χ0v) is 26.6. The van der Waals surface area contributed by atoms with Gasteiger partial charge in [0.15, 0.2) is 9.84 Å². The van der Waals surface area contributed by atoms with Crippen LogP contribution in [0.5, 0.6) is 0 Å². The fraction of sp³-hybridized carbons (Fsp3) is 0.500. The molecule has 2 fully saturated rings. The summed E-state index contributed by atoms with van der Waals surface area (Å²) < 4.78 is 72.3. The fourth-order valence-electron chi connectivity index (χ4n) is 5.59. The van der Waals surface area contributed by atoms with Crippen molar-refractivity contribution in [1.29, 1.82) is 0 Å². The van der Waals surface area contributed by atoms with Gasteiger partial charge in [0, 0.05) is 31.1 Å². The Kier molecular flexibility index (Phi) is 11.4. The van der Waals surface area contributed by atoms with Gasteiger partial charge < -0.3 is 25.6 Å². The molecule has 4 amide bonds. The molecule has 1 aliphatic carbocycles. The summed E-state index contributed by atoms with van der Waals surface area (Å²) in [5.74, 6) is -2.27. The van der Waals surface area contributed by atoms with E-state index in [-0.39, 0.29) is 22.4 Å². The standard InChI is InChI=1S/C30H37F3N4O6S2/c1-43-21-7-5-19(18-45(41,42)23-10-8-22(44-2)9-11-23)26(16-21)35-27(38)17-34-28(39)24-15-20(30(31,32)33)6-12-25(24)36-29(40)37-13-3-4-14-37/h6,8-12,15,19,21,26H,3-5,7,13-14,16-18H2,1-2H3,(H,34,39)(H,35,38)(H,36,40)/t19-,21-,26-/m0/s1. The Balaban J connectivity index is 1.44. The van der Waals surface area contributed by atoms with E-state index in [1.54, 1.807) is 24.3 Å². The molecule has 1 saturated heterocycles. The Labute approximate surface area is 264 Å². The van der Waals surface area contributed by atoms with E-state index in [1.807, 2.05) is 6.26 Å². The number of nitrogens with zero attached hydrogens (tertiary/aromatic N) is 1. The van der Waals surface area contributed by atoms with E-state index in [9.17, 15) is 36.0 Å². The monoisotopic (exact) mass is 670 g/mol. The van der Waals surface area contributed by atoms with Crippen molar-refractivity contribution in [2.24, 2.45) is 5.92 Å². The maximum absolute atomic E-state index is 13.5. The van der Waals surface area contributed by atoms with Crippen LogP contribution in [0.15, 0.2) is 52.3 Å². The lowest BCUT2D eigenvalue weighted by Gasteiger charge is -2.36. The van der Waals surface area contributed by atoms with Crippen LogP contribution >= 0.6 is 11.8 Å². The molecule has 2 aromatic carbocycles. The van der Waals surface area contributed by atoms with Crippen LogP contribution in [0.4, 0.5) is 23.7 Å². The highest BCUT2D eigenvalue weighted by atomic mass is 32.2. The number of urea groups is 1. The van der Waals surface area contributed by atoms with Crippen molar-refractivity contribution in [2.45, 2.75) is 60.2 Å². The van der Waals surface area contributed by atoms with E-state index in [0.29, 0.717) is 38.4 Å². The van der Waals surface area contributed by atoms with Gasteiger partial charge in [0.1, 0.15) is 0 Å². The molecular weight excluding hydrogens is 633 g/mol. The highest BCUT2D eigenvalue weighted by Crippen LogP contribution is 2.33. The zero-order valence-electron chi connectivity index (χ0n) is 25.0. The Morgan fingerprint density at radius 3 is 2.36 bits per heavy atom. The first-order valence-corrected chi connectivity index (χ1v) is 17.4. The predicted octanol–water partition coefficient (Wildman–Crippen LogP) is 4.56. The van der Waals surface area contributed by atoms with Gasteiger partial charge in [-0.3, -0.25) is 9.59 Å². The average Bonchev–Trinajstić information content (AvgIpc) is 3.56.